The summed E-state index contributed by atoms with van der Waals surface area (Å²) in [5, 5.41) is 15.7. The highest BCUT2D eigenvalue weighted by Gasteiger charge is 2.19. The number of nitriles is 1. The molecule has 1 heterocycles. The van der Waals surface area contributed by atoms with E-state index in [2.05, 4.69) is 24.3 Å². The van der Waals surface area contributed by atoms with Gasteiger partial charge in [0.1, 0.15) is 17.5 Å². The van der Waals surface area contributed by atoms with E-state index in [0.717, 1.165) is 25.7 Å². The van der Waals surface area contributed by atoms with Crippen LogP contribution in [0.25, 0.3) is 0 Å². The maximum Gasteiger partial charge on any atom is 0.228 e. The first kappa shape index (κ1) is 14.2. The average molecular weight is 248 g/mol. The van der Waals surface area contributed by atoms with Crippen molar-refractivity contribution in [2.24, 2.45) is 13.0 Å². The van der Waals surface area contributed by atoms with Gasteiger partial charge in [0.2, 0.25) is 5.91 Å². The van der Waals surface area contributed by atoms with E-state index in [4.69, 9.17) is 5.26 Å². The van der Waals surface area contributed by atoms with Gasteiger partial charge in [-0.3, -0.25) is 9.48 Å². The molecule has 0 spiro atoms. The number of aromatic nitrogens is 2. The van der Waals surface area contributed by atoms with Crippen molar-refractivity contribution in [2.75, 3.05) is 5.32 Å². The molecule has 5 heteroatoms. The monoisotopic (exact) mass is 248 g/mol. The number of carbonyl (C=O) groups is 1. The van der Waals surface area contributed by atoms with Crippen LogP contribution in [0.4, 0.5) is 5.82 Å². The molecule has 0 aliphatic carbocycles. The first-order valence-electron chi connectivity index (χ1n) is 6.36. The lowest BCUT2D eigenvalue weighted by molar-refractivity contribution is -0.120. The van der Waals surface area contributed by atoms with Gasteiger partial charge in [-0.05, 0) is 12.8 Å². The van der Waals surface area contributed by atoms with Crippen molar-refractivity contribution >= 4 is 11.7 Å². The molecule has 0 fully saturated rings. The van der Waals surface area contributed by atoms with Gasteiger partial charge in [-0.15, -0.1) is 0 Å². The van der Waals surface area contributed by atoms with E-state index >= 15 is 0 Å². The van der Waals surface area contributed by atoms with Gasteiger partial charge in [-0.25, -0.2) is 0 Å². The molecule has 5 nitrogen and oxygen atoms in total. The Balaban J connectivity index is 2.79. The molecule has 0 saturated carbocycles. The lowest BCUT2D eigenvalue weighted by Crippen LogP contribution is -2.24. The van der Waals surface area contributed by atoms with Crippen LogP contribution in [-0.4, -0.2) is 15.7 Å². The number of carbonyl (C=O) groups excluding carboxylic acids is 1. The number of nitrogens with one attached hydrogen (secondary N) is 1. The molecule has 0 atom stereocenters. The first-order chi connectivity index (χ1) is 8.63. The summed E-state index contributed by atoms with van der Waals surface area (Å²) >= 11 is 0. The van der Waals surface area contributed by atoms with Crippen LogP contribution in [0.5, 0.6) is 0 Å². The highest BCUT2D eigenvalue weighted by atomic mass is 16.2. The van der Waals surface area contributed by atoms with Gasteiger partial charge in [0.25, 0.3) is 0 Å². The van der Waals surface area contributed by atoms with Crippen LogP contribution in [0.1, 0.15) is 45.1 Å². The molecule has 0 aliphatic heterocycles. The van der Waals surface area contributed by atoms with Gasteiger partial charge in [0.15, 0.2) is 0 Å². The first-order valence-corrected chi connectivity index (χ1v) is 6.36. The third-order valence-electron chi connectivity index (χ3n) is 2.95. The molecule has 1 amide bonds. The third kappa shape index (κ3) is 3.33. The Bertz CT molecular complexity index is 438. The minimum atomic E-state index is -0.0150. The number of hydrogen-bond donors (Lipinski definition) is 1. The Kier molecular flexibility index (Phi) is 5.37. The zero-order valence-corrected chi connectivity index (χ0v) is 11.2. The van der Waals surface area contributed by atoms with Crippen molar-refractivity contribution in [3.8, 4) is 6.07 Å². The van der Waals surface area contributed by atoms with E-state index < -0.39 is 0 Å². The summed E-state index contributed by atoms with van der Waals surface area (Å²) in [4.78, 5) is 12.1. The van der Waals surface area contributed by atoms with Crippen LogP contribution in [-0.2, 0) is 11.8 Å². The molecule has 0 aromatic carbocycles. The maximum atomic E-state index is 12.1. The van der Waals surface area contributed by atoms with Gasteiger partial charge < -0.3 is 5.32 Å². The molecule has 1 N–H and O–H groups in total. The smallest absolute Gasteiger partial charge is 0.228 e. The van der Waals surface area contributed by atoms with Crippen LogP contribution in [0.3, 0.4) is 0 Å². The molecule has 1 rings (SSSR count). The number of aryl methyl sites for hydroxylation is 1. The van der Waals surface area contributed by atoms with E-state index in [1.54, 1.807) is 7.05 Å². The van der Waals surface area contributed by atoms with E-state index in [1.807, 2.05) is 6.07 Å². The lowest BCUT2D eigenvalue weighted by atomic mass is 9.97. The second-order valence-corrected chi connectivity index (χ2v) is 4.41. The minimum Gasteiger partial charge on any atom is -0.310 e. The van der Waals surface area contributed by atoms with Crippen molar-refractivity contribution in [3.05, 3.63) is 11.8 Å². The lowest BCUT2D eigenvalue weighted by Gasteiger charge is -2.15. The molecule has 98 valence electrons. The van der Waals surface area contributed by atoms with E-state index in [-0.39, 0.29) is 11.8 Å². The van der Waals surface area contributed by atoms with Gasteiger partial charge in [-0.1, -0.05) is 26.7 Å². The van der Waals surface area contributed by atoms with Crippen LogP contribution in [0.2, 0.25) is 0 Å². The van der Waals surface area contributed by atoms with Crippen LogP contribution >= 0.6 is 0 Å². The fourth-order valence-corrected chi connectivity index (χ4v) is 1.99. The number of nitrogens with zero attached hydrogens (tertiary/aromatic N) is 3. The van der Waals surface area contributed by atoms with E-state index in [1.165, 1.54) is 10.9 Å². The SMILES string of the molecule is CCCC(CCC)C(=O)Nc1c(C#N)cnn1C. The molecule has 0 saturated heterocycles. The zero-order chi connectivity index (χ0) is 13.5. The number of rotatable bonds is 6. The highest BCUT2D eigenvalue weighted by molar-refractivity contribution is 5.92. The second kappa shape index (κ2) is 6.80. The van der Waals surface area contributed by atoms with Crippen LogP contribution in [0.15, 0.2) is 6.20 Å². The van der Waals surface area contributed by atoms with E-state index in [9.17, 15) is 4.79 Å². The Morgan fingerprint density at radius 1 is 1.50 bits per heavy atom. The highest BCUT2D eigenvalue weighted by Crippen LogP contribution is 2.18. The fraction of sp³-hybridized carbons (Fsp3) is 0.615. The Morgan fingerprint density at radius 2 is 2.11 bits per heavy atom. The van der Waals surface area contributed by atoms with Crippen molar-refractivity contribution in [3.63, 3.8) is 0 Å². The average Bonchev–Trinajstić information content (AvgIpc) is 2.70. The topological polar surface area (TPSA) is 70.7 Å². The summed E-state index contributed by atoms with van der Waals surface area (Å²) in [7, 11) is 1.71. The van der Waals surface area contributed by atoms with Crippen molar-refractivity contribution in [1.82, 2.24) is 9.78 Å². The Hall–Kier alpha value is -1.83. The molecule has 0 radical (unpaired) electrons. The largest absolute Gasteiger partial charge is 0.310 e. The van der Waals surface area contributed by atoms with E-state index in [0.29, 0.717) is 11.4 Å². The Morgan fingerprint density at radius 3 is 2.61 bits per heavy atom. The zero-order valence-electron chi connectivity index (χ0n) is 11.2. The molecule has 0 unspecified atom stereocenters. The summed E-state index contributed by atoms with van der Waals surface area (Å²) in [5.74, 6) is 0.486. The summed E-state index contributed by atoms with van der Waals surface area (Å²) in [5.41, 5.74) is 0.401. The predicted molar refractivity (Wildman–Crippen MR) is 69.9 cm³/mol. The molecule has 0 aliphatic rings. The third-order valence-corrected chi connectivity index (χ3v) is 2.95. The molecule has 18 heavy (non-hydrogen) atoms. The fourth-order valence-electron chi connectivity index (χ4n) is 1.99. The summed E-state index contributed by atoms with van der Waals surface area (Å²) in [6.45, 7) is 4.14. The normalized spacial score (nSPS) is 10.4. The molecular formula is C13H20N4O. The molecule has 1 aromatic heterocycles. The van der Waals surface area contributed by atoms with Crippen molar-refractivity contribution in [2.45, 2.75) is 39.5 Å². The summed E-state index contributed by atoms with van der Waals surface area (Å²) in [6.07, 6.45) is 5.17. The Labute approximate surface area is 108 Å². The van der Waals surface area contributed by atoms with Gasteiger partial charge in [-0.2, -0.15) is 10.4 Å². The minimum absolute atomic E-state index is 0.0150. The van der Waals surface area contributed by atoms with Crippen LogP contribution in [0, 0.1) is 17.2 Å². The predicted octanol–water partition coefficient (Wildman–Crippen LogP) is 2.45. The summed E-state index contributed by atoms with van der Waals surface area (Å²) < 4.78 is 1.52. The van der Waals surface area contributed by atoms with Crippen LogP contribution < -0.4 is 5.32 Å². The maximum absolute atomic E-state index is 12.1. The quantitative estimate of drug-likeness (QED) is 0.840. The van der Waals surface area contributed by atoms with Gasteiger partial charge >= 0.3 is 0 Å². The molecular weight excluding hydrogens is 228 g/mol. The standard InChI is InChI=1S/C13H20N4O/c1-4-6-10(7-5-2)13(18)16-12-11(8-14)9-15-17(12)3/h9-10H,4-7H2,1-3H3,(H,16,18). The number of hydrogen-bond acceptors (Lipinski definition) is 3. The van der Waals surface area contributed by atoms with Crippen molar-refractivity contribution in [1.29, 1.82) is 5.26 Å². The second-order valence-electron chi connectivity index (χ2n) is 4.41. The van der Waals surface area contributed by atoms with Gasteiger partial charge in [0, 0.05) is 13.0 Å². The number of anilines is 1. The summed E-state index contributed by atoms with van der Waals surface area (Å²) in [6, 6.07) is 2.03. The molecule has 0 bridgehead atoms. The van der Waals surface area contributed by atoms with Gasteiger partial charge in [0.05, 0.1) is 6.20 Å². The number of amides is 1. The van der Waals surface area contributed by atoms with Crippen molar-refractivity contribution < 1.29 is 4.79 Å². The molecule has 1 aromatic rings.